The summed E-state index contributed by atoms with van der Waals surface area (Å²) in [5.74, 6) is 0. The molecule has 1 atom stereocenters. The van der Waals surface area contributed by atoms with E-state index >= 15 is 0 Å². The maximum absolute atomic E-state index is 5.52. The van der Waals surface area contributed by atoms with E-state index in [4.69, 9.17) is 9.47 Å². The van der Waals surface area contributed by atoms with Crippen LogP contribution in [0.2, 0.25) is 0 Å². The van der Waals surface area contributed by atoms with E-state index in [9.17, 15) is 0 Å². The molecule has 0 bridgehead atoms. The van der Waals surface area contributed by atoms with Crippen LogP contribution in [0.15, 0.2) is 0 Å². The quantitative estimate of drug-likeness (QED) is 0.716. The summed E-state index contributed by atoms with van der Waals surface area (Å²) in [6.07, 6.45) is 2.36. The Hall–Kier alpha value is -0.160. The molecule has 4 nitrogen and oxygen atoms in total. The molecule has 0 saturated carbocycles. The number of nitrogens with one attached hydrogen (secondary N) is 1. The molecular weight excluding hydrogens is 240 g/mol. The van der Waals surface area contributed by atoms with Crippen LogP contribution in [-0.4, -0.2) is 64.1 Å². The minimum Gasteiger partial charge on any atom is -0.382 e. The third-order valence-electron chi connectivity index (χ3n) is 3.72. The summed E-state index contributed by atoms with van der Waals surface area (Å²) in [5.41, 5.74) is 0.331. The summed E-state index contributed by atoms with van der Waals surface area (Å²) in [6.45, 7) is 13.9. The second kappa shape index (κ2) is 8.90. The molecule has 0 radical (unpaired) electrons. The Kier molecular flexibility index (Phi) is 7.91. The highest BCUT2D eigenvalue weighted by Crippen LogP contribution is 2.21. The molecule has 0 aromatic carbocycles. The predicted molar refractivity (Wildman–Crippen MR) is 79.6 cm³/mol. The minimum atomic E-state index is 0.331. The highest BCUT2D eigenvalue weighted by Gasteiger charge is 2.27. The second-order valence-corrected chi connectivity index (χ2v) is 6.49. The van der Waals surface area contributed by atoms with Crippen LogP contribution < -0.4 is 5.32 Å². The number of hydrogen-bond acceptors (Lipinski definition) is 4. The van der Waals surface area contributed by atoms with Crippen molar-refractivity contribution in [3.63, 3.8) is 0 Å². The van der Waals surface area contributed by atoms with Crippen LogP contribution in [0.5, 0.6) is 0 Å². The Morgan fingerprint density at radius 1 is 1.21 bits per heavy atom. The van der Waals surface area contributed by atoms with Gasteiger partial charge in [-0.25, -0.2) is 0 Å². The molecular formula is C15H32N2O2. The highest BCUT2D eigenvalue weighted by molar-refractivity contribution is 4.85. The first-order chi connectivity index (χ1) is 9.04. The Balaban J connectivity index is 2.20. The molecule has 0 aromatic rings. The van der Waals surface area contributed by atoms with E-state index in [2.05, 4.69) is 31.0 Å². The lowest BCUT2D eigenvalue weighted by Crippen LogP contribution is -2.46. The predicted octanol–water partition coefficient (Wildman–Crippen LogP) is 1.75. The molecule has 114 valence electrons. The number of rotatable bonds is 7. The zero-order valence-electron chi connectivity index (χ0n) is 13.2. The van der Waals surface area contributed by atoms with Gasteiger partial charge in [0.05, 0.1) is 13.2 Å². The smallest absolute Gasteiger partial charge is 0.0700 e. The zero-order valence-corrected chi connectivity index (χ0v) is 13.2. The normalized spacial score (nSPS) is 22.4. The van der Waals surface area contributed by atoms with Crippen molar-refractivity contribution in [1.29, 1.82) is 0 Å². The molecule has 1 rings (SSSR count). The van der Waals surface area contributed by atoms with Gasteiger partial charge in [0.1, 0.15) is 0 Å². The van der Waals surface area contributed by atoms with Crippen LogP contribution >= 0.6 is 0 Å². The maximum Gasteiger partial charge on any atom is 0.0700 e. The summed E-state index contributed by atoms with van der Waals surface area (Å²) >= 11 is 0. The first kappa shape index (κ1) is 16.9. The molecule has 1 fully saturated rings. The van der Waals surface area contributed by atoms with E-state index in [0.29, 0.717) is 24.7 Å². The standard InChI is InChI=1S/C15H32N2O2/c1-15(2,3)14-13-17(8-5-7-16-14)9-6-10-19-12-11-18-4/h14,16H,5-13H2,1-4H3. The summed E-state index contributed by atoms with van der Waals surface area (Å²) < 4.78 is 10.5. The van der Waals surface area contributed by atoms with Gasteiger partial charge in [-0.2, -0.15) is 0 Å². The van der Waals surface area contributed by atoms with Crippen LogP contribution in [0.3, 0.4) is 0 Å². The minimum absolute atomic E-state index is 0.331. The molecule has 1 aliphatic rings. The lowest BCUT2D eigenvalue weighted by atomic mass is 9.86. The monoisotopic (exact) mass is 272 g/mol. The van der Waals surface area contributed by atoms with Crippen molar-refractivity contribution in [2.24, 2.45) is 5.41 Å². The summed E-state index contributed by atoms with van der Waals surface area (Å²) in [6, 6.07) is 0.587. The van der Waals surface area contributed by atoms with Crippen molar-refractivity contribution in [2.75, 3.05) is 53.1 Å². The van der Waals surface area contributed by atoms with Crippen molar-refractivity contribution < 1.29 is 9.47 Å². The van der Waals surface area contributed by atoms with Crippen molar-refractivity contribution in [3.8, 4) is 0 Å². The van der Waals surface area contributed by atoms with E-state index < -0.39 is 0 Å². The van der Waals surface area contributed by atoms with Crippen LogP contribution in [0.4, 0.5) is 0 Å². The van der Waals surface area contributed by atoms with E-state index in [1.807, 2.05) is 0 Å². The number of nitrogens with zero attached hydrogens (tertiary/aromatic N) is 1. The Labute approximate surface area is 118 Å². The fraction of sp³-hybridized carbons (Fsp3) is 1.00. The summed E-state index contributed by atoms with van der Waals surface area (Å²) in [4.78, 5) is 2.58. The number of methoxy groups -OCH3 is 1. The Morgan fingerprint density at radius 2 is 2.00 bits per heavy atom. The third kappa shape index (κ3) is 7.25. The van der Waals surface area contributed by atoms with Gasteiger partial charge >= 0.3 is 0 Å². The Morgan fingerprint density at radius 3 is 2.68 bits per heavy atom. The number of ether oxygens (including phenoxy) is 2. The summed E-state index contributed by atoms with van der Waals surface area (Å²) in [7, 11) is 1.71. The molecule has 1 N–H and O–H groups in total. The second-order valence-electron chi connectivity index (χ2n) is 6.49. The van der Waals surface area contributed by atoms with Gasteiger partial charge in [-0.15, -0.1) is 0 Å². The molecule has 1 aliphatic heterocycles. The first-order valence-corrected chi connectivity index (χ1v) is 7.56. The summed E-state index contributed by atoms with van der Waals surface area (Å²) in [5, 5.41) is 3.68. The van der Waals surface area contributed by atoms with Crippen LogP contribution in [-0.2, 0) is 9.47 Å². The van der Waals surface area contributed by atoms with Crippen LogP contribution in [0.1, 0.15) is 33.6 Å². The van der Waals surface area contributed by atoms with Gasteiger partial charge in [-0.1, -0.05) is 20.8 Å². The SMILES string of the molecule is COCCOCCCN1CCCNC(C(C)(C)C)C1. The molecule has 4 heteroatoms. The van der Waals surface area contributed by atoms with E-state index in [0.717, 1.165) is 32.7 Å². The lowest BCUT2D eigenvalue weighted by molar-refractivity contribution is 0.0644. The highest BCUT2D eigenvalue weighted by atomic mass is 16.5. The zero-order chi connectivity index (χ0) is 14.1. The third-order valence-corrected chi connectivity index (χ3v) is 3.72. The van der Waals surface area contributed by atoms with E-state index in [-0.39, 0.29) is 0 Å². The molecule has 0 aromatic heterocycles. The van der Waals surface area contributed by atoms with Gasteiger partial charge in [-0.3, -0.25) is 0 Å². The van der Waals surface area contributed by atoms with Gasteiger partial charge in [0, 0.05) is 32.8 Å². The molecule has 1 unspecified atom stereocenters. The molecule has 1 heterocycles. The topological polar surface area (TPSA) is 33.7 Å². The number of hydrogen-bond donors (Lipinski definition) is 1. The van der Waals surface area contributed by atoms with Crippen molar-refractivity contribution in [2.45, 2.75) is 39.7 Å². The van der Waals surface area contributed by atoms with Gasteiger partial charge in [-0.05, 0) is 31.3 Å². The fourth-order valence-corrected chi connectivity index (χ4v) is 2.41. The maximum atomic E-state index is 5.52. The molecule has 0 spiro atoms. The molecule has 0 aliphatic carbocycles. The van der Waals surface area contributed by atoms with Crippen molar-refractivity contribution >= 4 is 0 Å². The largest absolute Gasteiger partial charge is 0.382 e. The van der Waals surface area contributed by atoms with Crippen molar-refractivity contribution in [1.82, 2.24) is 10.2 Å². The van der Waals surface area contributed by atoms with Crippen molar-refractivity contribution in [3.05, 3.63) is 0 Å². The van der Waals surface area contributed by atoms with Crippen LogP contribution in [0.25, 0.3) is 0 Å². The van der Waals surface area contributed by atoms with E-state index in [1.54, 1.807) is 7.11 Å². The van der Waals surface area contributed by atoms with Gasteiger partial charge in [0.25, 0.3) is 0 Å². The first-order valence-electron chi connectivity index (χ1n) is 7.56. The van der Waals surface area contributed by atoms with Gasteiger partial charge < -0.3 is 19.7 Å². The average Bonchev–Trinajstić information content (AvgIpc) is 2.58. The fourth-order valence-electron chi connectivity index (χ4n) is 2.41. The molecule has 1 saturated heterocycles. The molecule has 19 heavy (non-hydrogen) atoms. The molecule has 0 amide bonds. The van der Waals surface area contributed by atoms with E-state index in [1.165, 1.54) is 13.0 Å². The average molecular weight is 272 g/mol. The van der Waals surface area contributed by atoms with Gasteiger partial charge in [0.15, 0.2) is 0 Å². The van der Waals surface area contributed by atoms with Gasteiger partial charge in [0.2, 0.25) is 0 Å². The lowest BCUT2D eigenvalue weighted by Gasteiger charge is -2.33. The Bertz CT molecular complexity index is 229. The van der Waals surface area contributed by atoms with Crippen LogP contribution in [0, 0.1) is 5.41 Å².